The van der Waals surface area contributed by atoms with Crippen molar-refractivity contribution in [3.05, 3.63) is 0 Å². The molecule has 0 heterocycles. The fourth-order valence-corrected chi connectivity index (χ4v) is 1.52. The van der Waals surface area contributed by atoms with E-state index in [0.717, 1.165) is 6.42 Å². The van der Waals surface area contributed by atoms with E-state index in [0.29, 0.717) is 25.4 Å². The van der Waals surface area contributed by atoms with E-state index < -0.39 is 0 Å². The van der Waals surface area contributed by atoms with Gasteiger partial charge in [0.05, 0.1) is 5.92 Å². The third-order valence-electron chi connectivity index (χ3n) is 2.92. The van der Waals surface area contributed by atoms with Crippen molar-refractivity contribution >= 4 is 11.8 Å². The molecule has 0 saturated heterocycles. The van der Waals surface area contributed by atoms with E-state index in [1.54, 1.807) is 19.0 Å². The van der Waals surface area contributed by atoms with E-state index in [4.69, 9.17) is 5.73 Å². The van der Waals surface area contributed by atoms with Crippen LogP contribution in [0.15, 0.2) is 0 Å². The molecule has 0 aromatic heterocycles. The molecule has 5 nitrogen and oxygen atoms in total. The Hall–Kier alpha value is -1.10. The standard InChI is InChI=1S/C12H25N3O2/c1-9(7-13)5-6-11(16)15(4)8-10(2)12(17)14-3/h9-10H,5-8,13H2,1-4H3,(H,14,17). The van der Waals surface area contributed by atoms with Gasteiger partial charge in [0, 0.05) is 27.1 Å². The predicted molar refractivity (Wildman–Crippen MR) is 68.3 cm³/mol. The van der Waals surface area contributed by atoms with Crippen molar-refractivity contribution in [3.8, 4) is 0 Å². The SMILES string of the molecule is CNC(=O)C(C)CN(C)C(=O)CCC(C)CN. The summed E-state index contributed by atoms with van der Waals surface area (Å²) in [4.78, 5) is 24.7. The maximum absolute atomic E-state index is 11.8. The summed E-state index contributed by atoms with van der Waals surface area (Å²) in [5.74, 6) is 0.214. The van der Waals surface area contributed by atoms with Gasteiger partial charge >= 0.3 is 0 Å². The summed E-state index contributed by atoms with van der Waals surface area (Å²) in [5.41, 5.74) is 5.50. The monoisotopic (exact) mass is 243 g/mol. The van der Waals surface area contributed by atoms with Crippen LogP contribution in [-0.2, 0) is 9.59 Å². The van der Waals surface area contributed by atoms with E-state index in [-0.39, 0.29) is 17.7 Å². The van der Waals surface area contributed by atoms with Gasteiger partial charge in [0.1, 0.15) is 0 Å². The Labute approximate surface area is 104 Å². The molecule has 0 fully saturated rings. The lowest BCUT2D eigenvalue weighted by Crippen LogP contribution is -2.37. The Kier molecular flexibility index (Phi) is 7.54. The normalized spacial score (nSPS) is 13.9. The van der Waals surface area contributed by atoms with Crippen LogP contribution < -0.4 is 11.1 Å². The molecule has 2 unspecified atom stereocenters. The molecule has 0 aromatic carbocycles. The van der Waals surface area contributed by atoms with Gasteiger partial charge in [-0.25, -0.2) is 0 Å². The van der Waals surface area contributed by atoms with Crippen LogP contribution in [0.1, 0.15) is 26.7 Å². The molecule has 0 spiro atoms. The minimum absolute atomic E-state index is 0.0417. The minimum atomic E-state index is -0.180. The molecule has 100 valence electrons. The first kappa shape index (κ1) is 15.9. The van der Waals surface area contributed by atoms with Crippen molar-refractivity contribution in [2.24, 2.45) is 17.6 Å². The van der Waals surface area contributed by atoms with Crippen LogP contribution in [0.3, 0.4) is 0 Å². The summed E-state index contributed by atoms with van der Waals surface area (Å²) < 4.78 is 0. The molecule has 5 heteroatoms. The zero-order chi connectivity index (χ0) is 13.4. The molecule has 0 bridgehead atoms. The Bertz CT molecular complexity index is 256. The van der Waals surface area contributed by atoms with Gasteiger partial charge in [-0.3, -0.25) is 9.59 Å². The van der Waals surface area contributed by atoms with Gasteiger partial charge in [-0.15, -0.1) is 0 Å². The Balaban J connectivity index is 4.01. The van der Waals surface area contributed by atoms with Crippen LogP contribution in [0.25, 0.3) is 0 Å². The summed E-state index contributed by atoms with van der Waals surface area (Å²) in [5, 5.41) is 2.57. The average Bonchev–Trinajstić information content (AvgIpc) is 2.33. The summed E-state index contributed by atoms with van der Waals surface area (Å²) >= 11 is 0. The smallest absolute Gasteiger partial charge is 0.224 e. The highest BCUT2D eigenvalue weighted by Gasteiger charge is 2.17. The largest absolute Gasteiger partial charge is 0.359 e. The summed E-state index contributed by atoms with van der Waals surface area (Å²) in [6.45, 7) is 4.90. The number of rotatable bonds is 7. The Morgan fingerprint density at radius 2 is 1.94 bits per heavy atom. The molecule has 2 atom stereocenters. The van der Waals surface area contributed by atoms with Gasteiger partial charge in [-0.05, 0) is 18.9 Å². The first-order valence-electron chi connectivity index (χ1n) is 6.08. The maximum Gasteiger partial charge on any atom is 0.224 e. The molecule has 0 aliphatic rings. The molecule has 0 aliphatic carbocycles. The lowest BCUT2D eigenvalue weighted by atomic mass is 10.1. The van der Waals surface area contributed by atoms with Crippen LogP contribution >= 0.6 is 0 Å². The van der Waals surface area contributed by atoms with Gasteiger partial charge in [0.15, 0.2) is 0 Å². The highest BCUT2D eigenvalue weighted by Crippen LogP contribution is 2.07. The van der Waals surface area contributed by atoms with Crippen LogP contribution in [-0.4, -0.2) is 43.9 Å². The second kappa shape index (κ2) is 8.06. The van der Waals surface area contributed by atoms with Crippen molar-refractivity contribution in [1.29, 1.82) is 0 Å². The van der Waals surface area contributed by atoms with Crippen molar-refractivity contribution in [2.75, 3.05) is 27.2 Å². The lowest BCUT2D eigenvalue weighted by molar-refractivity contribution is -0.132. The number of amides is 2. The number of nitrogens with zero attached hydrogens (tertiary/aromatic N) is 1. The van der Waals surface area contributed by atoms with Crippen molar-refractivity contribution in [1.82, 2.24) is 10.2 Å². The number of carbonyl (C=O) groups is 2. The number of hydrogen-bond donors (Lipinski definition) is 2. The van der Waals surface area contributed by atoms with E-state index in [1.165, 1.54) is 0 Å². The lowest BCUT2D eigenvalue weighted by Gasteiger charge is -2.21. The third kappa shape index (κ3) is 6.26. The molecular formula is C12H25N3O2. The topological polar surface area (TPSA) is 75.4 Å². The molecule has 3 N–H and O–H groups in total. The molecule has 2 amide bonds. The van der Waals surface area contributed by atoms with Gasteiger partial charge in [-0.2, -0.15) is 0 Å². The molecule has 0 aliphatic heterocycles. The molecular weight excluding hydrogens is 218 g/mol. The molecule has 0 aromatic rings. The highest BCUT2D eigenvalue weighted by molar-refractivity contribution is 5.80. The van der Waals surface area contributed by atoms with Crippen molar-refractivity contribution < 1.29 is 9.59 Å². The molecule has 0 rings (SSSR count). The summed E-state index contributed by atoms with van der Waals surface area (Å²) in [7, 11) is 3.33. The van der Waals surface area contributed by atoms with Crippen LogP contribution in [0.2, 0.25) is 0 Å². The molecule has 0 saturated carbocycles. The Morgan fingerprint density at radius 3 is 2.41 bits per heavy atom. The maximum atomic E-state index is 11.8. The average molecular weight is 243 g/mol. The summed E-state index contributed by atoms with van der Waals surface area (Å²) in [6, 6.07) is 0. The Morgan fingerprint density at radius 1 is 1.35 bits per heavy atom. The van der Waals surface area contributed by atoms with Crippen molar-refractivity contribution in [3.63, 3.8) is 0 Å². The zero-order valence-corrected chi connectivity index (χ0v) is 11.3. The van der Waals surface area contributed by atoms with E-state index in [2.05, 4.69) is 5.32 Å². The van der Waals surface area contributed by atoms with Gasteiger partial charge in [0.2, 0.25) is 11.8 Å². The fourth-order valence-electron chi connectivity index (χ4n) is 1.52. The van der Waals surface area contributed by atoms with E-state index in [1.807, 2.05) is 13.8 Å². The number of hydrogen-bond acceptors (Lipinski definition) is 3. The quantitative estimate of drug-likeness (QED) is 0.671. The number of nitrogens with one attached hydrogen (secondary N) is 1. The van der Waals surface area contributed by atoms with Gasteiger partial charge in [-0.1, -0.05) is 13.8 Å². The summed E-state index contributed by atoms with van der Waals surface area (Å²) in [6.07, 6.45) is 1.29. The second-order valence-corrected chi connectivity index (χ2v) is 4.67. The van der Waals surface area contributed by atoms with Gasteiger partial charge < -0.3 is 16.0 Å². The first-order chi connectivity index (χ1) is 7.92. The number of nitrogens with two attached hydrogens (primary N) is 1. The molecule has 17 heavy (non-hydrogen) atoms. The van der Waals surface area contributed by atoms with E-state index in [9.17, 15) is 9.59 Å². The third-order valence-corrected chi connectivity index (χ3v) is 2.92. The van der Waals surface area contributed by atoms with Crippen molar-refractivity contribution in [2.45, 2.75) is 26.7 Å². The first-order valence-corrected chi connectivity index (χ1v) is 6.08. The number of carbonyl (C=O) groups excluding carboxylic acids is 2. The van der Waals surface area contributed by atoms with E-state index >= 15 is 0 Å². The zero-order valence-electron chi connectivity index (χ0n) is 11.3. The second-order valence-electron chi connectivity index (χ2n) is 4.67. The fraction of sp³-hybridized carbons (Fsp3) is 0.833. The van der Waals surface area contributed by atoms with Gasteiger partial charge in [0.25, 0.3) is 0 Å². The predicted octanol–water partition coefficient (Wildman–Crippen LogP) is 0.202. The highest BCUT2D eigenvalue weighted by atomic mass is 16.2. The minimum Gasteiger partial charge on any atom is -0.359 e. The van der Waals surface area contributed by atoms with Crippen LogP contribution in [0.4, 0.5) is 0 Å². The van der Waals surface area contributed by atoms with Crippen LogP contribution in [0, 0.1) is 11.8 Å². The van der Waals surface area contributed by atoms with Crippen LogP contribution in [0.5, 0.6) is 0 Å². The molecule has 0 radical (unpaired) electrons.